The van der Waals surface area contributed by atoms with Crippen LogP contribution in [0.15, 0.2) is 54.6 Å². The summed E-state index contributed by atoms with van der Waals surface area (Å²) in [5, 5.41) is 7.90. The number of methoxy groups -OCH3 is 1. The van der Waals surface area contributed by atoms with Crippen molar-refractivity contribution in [3.63, 3.8) is 0 Å². The van der Waals surface area contributed by atoms with E-state index >= 15 is 0 Å². The Balaban J connectivity index is 1.41. The Morgan fingerprint density at radius 3 is 2.54 bits per heavy atom. The van der Waals surface area contributed by atoms with Gasteiger partial charge in [-0.3, -0.25) is 9.89 Å². The molecule has 0 bridgehead atoms. The van der Waals surface area contributed by atoms with Crippen molar-refractivity contribution < 1.29 is 9.53 Å². The number of piperazine rings is 1. The van der Waals surface area contributed by atoms with Crippen LogP contribution in [0.25, 0.3) is 11.3 Å². The van der Waals surface area contributed by atoms with Gasteiger partial charge in [-0.1, -0.05) is 23.7 Å². The first-order chi connectivity index (χ1) is 13.6. The number of carbonyl (C=O) groups excluding carboxylic acids is 1. The number of aromatic nitrogens is 2. The summed E-state index contributed by atoms with van der Waals surface area (Å²) in [6.07, 6.45) is 0. The minimum absolute atomic E-state index is 0.0302. The van der Waals surface area contributed by atoms with Gasteiger partial charge in [0.2, 0.25) is 0 Å². The Kier molecular flexibility index (Phi) is 5.21. The van der Waals surface area contributed by atoms with Crippen molar-refractivity contribution in [3.8, 4) is 17.0 Å². The maximum Gasteiger partial charge on any atom is 0.272 e. The number of hydrogen-bond acceptors (Lipinski definition) is 4. The van der Waals surface area contributed by atoms with Crippen molar-refractivity contribution in [1.29, 1.82) is 0 Å². The highest BCUT2D eigenvalue weighted by Gasteiger charge is 2.24. The van der Waals surface area contributed by atoms with Crippen molar-refractivity contribution in [2.45, 2.75) is 0 Å². The lowest BCUT2D eigenvalue weighted by Gasteiger charge is -2.35. The molecule has 0 unspecified atom stereocenters. The molecule has 1 aliphatic rings. The molecular weight excluding hydrogens is 376 g/mol. The molecule has 1 fully saturated rings. The van der Waals surface area contributed by atoms with E-state index in [0.29, 0.717) is 18.8 Å². The van der Waals surface area contributed by atoms with Gasteiger partial charge in [0, 0.05) is 42.5 Å². The average Bonchev–Trinajstić information content (AvgIpc) is 3.24. The summed E-state index contributed by atoms with van der Waals surface area (Å²) >= 11 is 5.96. The van der Waals surface area contributed by atoms with Gasteiger partial charge in [0.25, 0.3) is 5.91 Å². The number of benzene rings is 2. The first kappa shape index (κ1) is 18.4. The number of halogens is 1. The summed E-state index contributed by atoms with van der Waals surface area (Å²) in [5.74, 6) is 0.726. The summed E-state index contributed by atoms with van der Waals surface area (Å²) in [7, 11) is 1.63. The topological polar surface area (TPSA) is 61.5 Å². The van der Waals surface area contributed by atoms with Crippen LogP contribution in [0.4, 0.5) is 5.69 Å². The fourth-order valence-electron chi connectivity index (χ4n) is 3.35. The molecule has 28 heavy (non-hydrogen) atoms. The standard InChI is InChI=1S/C21H21ClN4O2/c1-28-18-4-2-3-15(13-18)19-14-20(24-23-19)21(27)26-11-9-25(10-12-26)17-7-5-16(22)6-8-17/h2-8,13-14H,9-12H2,1H3,(H,23,24). The number of aromatic amines is 1. The van der Waals surface area contributed by atoms with Gasteiger partial charge in [-0.15, -0.1) is 0 Å². The Labute approximate surface area is 168 Å². The van der Waals surface area contributed by atoms with Gasteiger partial charge < -0.3 is 14.5 Å². The summed E-state index contributed by atoms with van der Waals surface area (Å²) in [6, 6.07) is 17.2. The molecule has 3 aromatic rings. The highest BCUT2D eigenvalue weighted by Crippen LogP contribution is 2.24. The molecule has 0 spiro atoms. The van der Waals surface area contributed by atoms with E-state index in [1.807, 2.05) is 53.4 Å². The van der Waals surface area contributed by atoms with Crippen molar-refractivity contribution in [3.05, 3.63) is 65.3 Å². The smallest absolute Gasteiger partial charge is 0.272 e. The molecule has 0 radical (unpaired) electrons. The second-order valence-corrected chi connectivity index (χ2v) is 7.09. The number of amides is 1. The number of rotatable bonds is 4. The van der Waals surface area contributed by atoms with Gasteiger partial charge in [-0.25, -0.2) is 0 Å². The lowest BCUT2D eigenvalue weighted by molar-refractivity contribution is 0.0741. The molecule has 6 nitrogen and oxygen atoms in total. The molecule has 1 saturated heterocycles. The van der Waals surface area contributed by atoms with Crippen LogP contribution < -0.4 is 9.64 Å². The monoisotopic (exact) mass is 396 g/mol. The highest BCUT2D eigenvalue weighted by atomic mass is 35.5. The summed E-state index contributed by atoms with van der Waals surface area (Å²) in [5.41, 5.74) is 3.25. The van der Waals surface area contributed by atoms with E-state index in [9.17, 15) is 4.79 Å². The first-order valence-corrected chi connectivity index (χ1v) is 9.51. The van der Waals surface area contributed by atoms with Gasteiger partial charge in [0.05, 0.1) is 12.8 Å². The van der Waals surface area contributed by atoms with Crippen molar-refractivity contribution in [2.24, 2.45) is 0 Å². The maximum absolute atomic E-state index is 12.8. The predicted molar refractivity (Wildman–Crippen MR) is 110 cm³/mol. The fourth-order valence-corrected chi connectivity index (χ4v) is 3.48. The molecule has 4 rings (SSSR count). The zero-order valence-electron chi connectivity index (χ0n) is 15.6. The number of carbonyl (C=O) groups is 1. The zero-order chi connectivity index (χ0) is 19.5. The molecule has 2 aromatic carbocycles. The third kappa shape index (κ3) is 3.82. The number of hydrogen-bond donors (Lipinski definition) is 1. The van der Waals surface area contributed by atoms with E-state index in [2.05, 4.69) is 15.1 Å². The van der Waals surface area contributed by atoms with E-state index in [1.54, 1.807) is 13.2 Å². The Hall–Kier alpha value is -2.99. The van der Waals surface area contributed by atoms with Crippen molar-refractivity contribution >= 4 is 23.2 Å². The highest BCUT2D eigenvalue weighted by molar-refractivity contribution is 6.30. The summed E-state index contributed by atoms with van der Waals surface area (Å²) in [6.45, 7) is 2.89. The van der Waals surface area contributed by atoms with E-state index in [-0.39, 0.29) is 5.91 Å². The normalized spacial score (nSPS) is 14.2. The number of nitrogens with zero attached hydrogens (tertiary/aromatic N) is 3. The van der Waals surface area contributed by atoms with Gasteiger partial charge in [-0.2, -0.15) is 5.10 Å². The summed E-state index contributed by atoms with van der Waals surface area (Å²) in [4.78, 5) is 17.0. The van der Waals surface area contributed by atoms with Crippen LogP contribution >= 0.6 is 11.6 Å². The van der Waals surface area contributed by atoms with E-state index in [1.165, 1.54) is 0 Å². The zero-order valence-corrected chi connectivity index (χ0v) is 16.3. The van der Waals surface area contributed by atoms with Crippen LogP contribution in [0.3, 0.4) is 0 Å². The third-order valence-corrected chi connectivity index (χ3v) is 5.18. The SMILES string of the molecule is COc1cccc(-c2cc(C(=O)N3CCN(c4ccc(Cl)cc4)CC3)[nH]n2)c1. The molecule has 1 aliphatic heterocycles. The van der Waals surface area contributed by atoms with E-state index in [4.69, 9.17) is 16.3 Å². The van der Waals surface area contributed by atoms with Crippen LogP contribution in [0.2, 0.25) is 5.02 Å². The number of H-pyrrole nitrogens is 1. The fraction of sp³-hybridized carbons (Fsp3) is 0.238. The average molecular weight is 397 g/mol. The molecule has 0 saturated carbocycles. The molecule has 0 atom stereocenters. The van der Waals surface area contributed by atoms with Gasteiger partial charge in [0.1, 0.15) is 11.4 Å². The van der Waals surface area contributed by atoms with E-state index in [0.717, 1.165) is 40.8 Å². The Bertz CT molecular complexity index is 963. The van der Waals surface area contributed by atoms with Crippen LogP contribution in [-0.4, -0.2) is 54.3 Å². The van der Waals surface area contributed by atoms with Gasteiger partial charge >= 0.3 is 0 Å². The van der Waals surface area contributed by atoms with Crippen molar-refractivity contribution in [2.75, 3.05) is 38.2 Å². The van der Waals surface area contributed by atoms with Crippen LogP contribution in [0.5, 0.6) is 5.75 Å². The number of ether oxygens (including phenoxy) is 1. The van der Waals surface area contributed by atoms with Crippen LogP contribution in [0.1, 0.15) is 10.5 Å². The lowest BCUT2D eigenvalue weighted by Crippen LogP contribution is -2.48. The van der Waals surface area contributed by atoms with Gasteiger partial charge in [0.15, 0.2) is 0 Å². The maximum atomic E-state index is 12.8. The molecule has 0 aliphatic carbocycles. The number of nitrogens with one attached hydrogen (secondary N) is 1. The molecule has 1 N–H and O–H groups in total. The molecule has 1 aromatic heterocycles. The number of anilines is 1. The van der Waals surface area contributed by atoms with Gasteiger partial charge in [-0.05, 0) is 42.5 Å². The Morgan fingerprint density at radius 2 is 1.82 bits per heavy atom. The third-order valence-electron chi connectivity index (χ3n) is 4.93. The molecule has 2 heterocycles. The van der Waals surface area contributed by atoms with Crippen LogP contribution in [-0.2, 0) is 0 Å². The summed E-state index contributed by atoms with van der Waals surface area (Å²) < 4.78 is 5.25. The second-order valence-electron chi connectivity index (χ2n) is 6.65. The second kappa shape index (κ2) is 7.94. The largest absolute Gasteiger partial charge is 0.497 e. The minimum Gasteiger partial charge on any atom is -0.497 e. The van der Waals surface area contributed by atoms with E-state index < -0.39 is 0 Å². The first-order valence-electron chi connectivity index (χ1n) is 9.13. The molecule has 144 valence electrons. The minimum atomic E-state index is -0.0302. The molecule has 1 amide bonds. The van der Waals surface area contributed by atoms with Crippen LogP contribution in [0, 0.1) is 0 Å². The lowest BCUT2D eigenvalue weighted by atomic mass is 10.1. The Morgan fingerprint density at radius 1 is 1.07 bits per heavy atom. The quantitative estimate of drug-likeness (QED) is 0.730. The predicted octanol–water partition coefficient (Wildman–Crippen LogP) is 3.70. The van der Waals surface area contributed by atoms with Crippen molar-refractivity contribution in [1.82, 2.24) is 15.1 Å². The molecule has 7 heteroatoms. The molecular formula is C21H21ClN4O2.